The Morgan fingerprint density at radius 1 is 0.857 bits per heavy atom. The molecule has 0 radical (unpaired) electrons. The van der Waals surface area contributed by atoms with Crippen LogP contribution in [0.5, 0.6) is 0 Å². The normalized spacial score (nSPS) is 13.5. The fraction of sp³-hybridized carbons (Fsp3) is 0.364. The van der Waals surface area contributed by atoms with Gasteiger partial charge in [-0.1, -0.05) is 36.4 Å². The van der Waals surface area contributed by atoms with Crippen LogP contribution in [0.15, 0.2) is 48.5 Å². The molecule has 28 heavy (non-hydrogen) atoms. The Morgan fingerprint density at radius 3 is 1.96 bits per heavy atom. The van der Waals surface area contributed by atoms with Crippen LogP contribution in [0, 0.1) is 17.0 Å². The maximum atomic E-state index is 13.8. The van der Waals surface area contributed by atoms with E-state index in [1.54, 1.807) is 45.0 Å². The molecule has 1 atom stereocenters. The van der Waals surface area contributed by atoms with Crippen LogP contribution in [-0.2, 0) is 32.1 Å². The lowest BCUT2D eigenvalue weighted by atomic mass is 9.83. The van der Waals surface area contributed by atoms with Crippen molar-refractivity contribution in [3.63, 3.8) is 0 Å². The molecule has 2 rings (SSSR count). The van der Waals surface area contributed by atoms with Gasteiger partial charge in [0.05, 0.1) is 5.56 Å². The number of rotatable bonds is 6. The van der Waals surface area contributed by atoms with Gasteiger partial charge in [0.25, 0.3) is 0 Å². The van der Waals surface area contributed by atoms with Gasteiger partial charge >= 0.3 is 11.9 Å². The molecule has 0 bridgehead atoms. The van der Waals surface area contributed by atoms with Gasteiger partial charge < -0.3 is 9.47 Å². The van der Waals surface area contributed by atoms with Crippen molar-refractivity contribution in [2.45, 2.75) is 46.3 Å². The van der Waals surface area contributed by atoms with E-state index in [-0.39, 0.29) is 12.0 Å². The number of hydrogen-bond acceptors (Lipinski definition) is 4. The van der Waals surface area contributed by atoms with Crippen molar-refractivity contribution in [1.82, 2.24) is 0 Å². The molecule has 4 nitrogen and oxygen atoms in total. The second-order valence-corrected chi connectivity index (χ2v) is 7.77. The molecule has 0 aromatic heterocycles. The number of carbonyl (C=O) groups excluding carboxylic acids is 2. The lowest BCUT2D eigenvalue weighted by Gasteiger charge is -2.30. The number of ether oxygens (including phenoxy) is 2. The van der Waals surface area contributed by atoms with Crippen LogP contribution < -0.4 is 0 Å². The summed E-state index contributed by atoms with van der Waals surface area (Å²) < 4.78 is 38.2. The van der Waals surface area contributed by atoms with E-state index >= 15 is 0 Å². The van der Waals surface area contributed by atoms with Crippen molar-refractivity contribution in [3.8, 4) is 0 Å². The van der Waals surface area contributed by atoms with Gasteiger partial charge in [-0.2, -0.15) is 0 Å². The van der Waals surface area contributed by atoms with Crippen LogP contribution in [0.3, 0.4) is 0 Å². The predicted octanol–water partition coefficient (Wildman–Crippen LogP) is 4.60. The van der Waals surface area contributed by atoms with Crippen LogP contribution in [0.25, 0.3) is 0 Å². The molecule has 0 saturated carbocycles. The van der Waals surface area contributed by atoms with E-state index in [0.29, 0.717) is 0 Å². The van der Waals surface area contributed by atoms with E-state index in [1.807, 2.05) is 6.07 Å². The summed E-state index contributed by atoms with van der Waals surface area (Å²) in [5.74, 6) is -3.32. The minimum Gasteiger partial charge on any atom is -0.460 e. The molecule has 2 aromatic rings. The zero-order chi connectivity index (χ0) is 20.9. The van der Waals surface area contributed by atoms with E-state index in [0.717, 1.165) is 17.7 Å². The summed E-state index contributed by atoms with van der Waals surface area (Å²) in [4.78, 5) is 25.6. The summed E-state index contributed by atoms with van der Waals surface area (Å²) in [5.41, 5.74) is -2.13. The maximum Gasteiger partial charge on any atom is 0.324 e. The zero-order valence-corrected chi connectivity index (χ0v) is 16.4. The predicted molar refractivity (Wildman–Crippen MR) is 100 cm³/mol. The summed E-state index contributed by atoms with van der Waals surface area (Å²) in [6.45, 7) is 5.86. The molecule has 0 amide bonds. The van der Waals surface area contributed by atoms with E-state index in [4.69, 9.17) is 9.47 Å². The summed E-state index contributed by atoms with van der Waals surface area (Å²) in [7, 11) is 0. The minimum absolute atomic E-state index is 0.0291. The standard InChI is InChI=1S/C22H24F2O4/c1-21(2,3)28-20(26)22(4,13-15-9-6-5-7-10-15)19(25)27-14-16-17(23)11-8-12-18(16)24/h5-12H,13-14H2,1-4H3/t22-/m0/s1. The average Bonchev–Trinajstić information content (AvgIpc) is 2.60. The largest absolute Gasteiger partial charge is 0.460 e. The van der Waals surface area contributed by atoms with Gasteiger partial charge in [-0.25, -0.2) is 8.78 Å². The highest BCUT2D eigenvalue weighted by Crippen LogP contribution is 2.29. The maximum absolute atomic E-state index is 13.8. The van der Waals surface area contributed by atoms with E-state index < -0.39 is 41.2 Å². The van der Waals surface area contributed by atoms with Gasteiger partial charge in [0.2, 0.25) is 0 Å². The Kier molecular flexibility index (Phi) is 6.54. The van der Waals surface area contributed by atoms with Crippen LogP contribution in [0.2, 0.25) is 0 Å². The highest BCUT2D eigenvalue weighted by atomic mass is 19.1. The number of benzene rings is 2. The quantitative estimate of drug-likeness (QED) is 0.534. The first-order valence-corrected chi connectivity index (χ1v) is 8.90. The third-order valence-electron chi connectivity index (χ3n) is 4.11. The molecule has 0 fully saturated rings. The van der Waals surface area contributed by atoms with Crippen molar-refractivity contribution in [1.29, 1.82) is 0 Å². The van der Waals surface area contributed by atoms with Crippen LogP contribution in [-0.4, -0.2) is 17.5 Å². The molecule has 0 N–H and O–H groups in total. The van der Waals surface area contributed by atoms with Gasteiger partial charge in [0.1, 0.15) is 23.8 Å². The zero-order valence-electron chi connectivity index (χ0n) is 16.4. The van der Waals surface area contributed by atoms with E-state index in [9.17, 15) is 18.4 Å². The van der Waals surface area contributed by atoms with Gasteiger partial charge in [0, 0.05) is 0 Å². The summed E-state index contributed by atoms with van der Waals surface area (Å²) in [5, 5.41) is 0. The van der Waals surface area contributed by atoms with Crippen LogP contribution >= 0.6 is 0 Å². The van der Waals surface area contributed by atoms with Gasteiger partial charge in [0.15, 0.2) is 5.41 Å². The Balaban J connectivity index is 2.26. The van der Waals surface area contributed by atoms with Crippen LogP contribution in [0.1, 0.15) is 38.8 Å². The van der Waals surface area contributed by atoms with Crippen molar-refractivity contribution >= 4 is 11.9 Å². The molecule has 6 heteroatoms. The molecule has 0 aliphatic carbocycles. The van der Waals surface area contributed by atoms with Crippen molar-refractivity contribution < 1.29 is 27.8 Å². The molecule has 0 aliphatic heterocycles. The van der Waals surface area contributed by atoms with Crippen LogP contribution in [0.4, 0.5) is 8.78 Å². The molecule has 0 spiro atoms. The summed E-state index contributed by atoms with van der Waals surface area (Å²) in [6.07, 6.45) is 0.0291. The van der Waals surface area contributed by atoms with Crippen molar-refractivity contribution in [2.24, 2.45) is 5.41 Å². The minimum atomic E-state index is -1.67. The second kappa shape index (κ2) is 8.50. The molecular weight excluding hydrogens is 366 g/mol. The lowest BCUT2D eigenvalue weighted by Crippen LogP contribution is -2.44. The van der Waals surface area contributed by atoms with Gasteiger partial charge in [-0.05, 0) is 51.8 Å². The Hall–Kier alpha value is -2.76. The fourth-order valence-electron chi connectivity index (χ4n) is 2.59. The lowest BCUT2D eigenvalue weighted by molar-refractivity contribution is -0.179. The Labute approximate surface area is 163 Å². The number of esters is 2. The fourth-order valence-corrected chi connectivity index (χ4v) is 2.59. The molecule has 0 heterocycles. The molecule has 150 valence electrons. The molecule has 0 aliphatic rings. The van der Waals surface area contributed by atoms with E-state index in [1.165, 1.54) is 13.0 Å². The highest BCUT2D eigenvalue weighted by molar-refractivity contribution is 6.00. The molecule has 0 unspecified atom stereocenters. The van der Waals surface area contributed by atoms with Gasteiger partial charge in [-0.15, -0.1) is 0 Å². The number of carbonyl (C=O) groups is 2. The highest BCUT2D eigenvalue weighted by Gasteiger charge is 2.46. The van der Waals surface area contributed by atoms with Gasteiger partial charge in [-0.3, -0.25) is 9.59 Å². The summed E-state index contributed by atoms with van der Waals surface area (Å²) in [6, 6.07) is 12.3. The Morgan fingerprint density at radius 2 is 1.43 bits per heavy atom. The number of halogens is 2. The average molecular weight is 390 g/mol. The second-order valence-electron chi connectivity index (χ2n) is 7.77. The number of hydrogen-bond donors (Lipinski definition) is 0. The smallest absolute Gasteiger partial charge is 0.324 e. The third kappa shape index (κ3) is 5.38. The van der Waals surface area contributed by atoms with Crippen molar-refractivity contribution in [2.75, 3.05) is 0 Å². The third-order valence-corrected chi connectivity index (χ3v) is 4.11. The first kappa shape index (κ1) is 21.5. The molecular formula is C22H24F2O4. The first-order valence-electron chi connectivity index (χ1n) is 8.90. The SMILES string of the molecule is CC(C)(C)OC(=O)[C@@](C)(Cc1ccccc1)C(=O)OCc1c(F)cccc1F. The van der Waals surface area contributed by atoms with Crippen molar-refractivity contribution in [3.05, 3.63) is 71.3 Å². The van der Waals surface area contributed by atoms with E-state index in [2.05, 4.69) is 0 Å². The Bertz CT molecular complexity index is 823. The monoisotopic (exact) mass is 390 g/mol. The first-order chi connectivity index (χ1) is 13.0. The molecule has 2 aromatic carbocycles. The topological polar surface area (TPSA) is 52.6 Å². The molecule has 0 saturated heterocycles. The summed E-state index contributed by atoms with van der Waals surface area (Å²) >= 11 is 0.